The smallest absolute Gasteiger partial charge is 0.226 e. The van der Waals surface area contributed by atoms with Crippen molar-refractivity contribution in [1.82, 2.24) is 10.2 Å². The fraction of sp³-hybridized carbons (Fsp3) is 0.533. The van der Waals surface area contributed by atoms with Gasteiger partial charge >= 0.3 is 0 Å². The largest absolute Gasteiger partial charge is 0.493 e. The SMILES string of the molecule is CNC1CCCN(C(=O)CCOc2ccccc2)C1. The molecule has 0 bridgehead atoms. The molecule has 0 spiro atoms. The van der Waals surface area contributed by atoms with Gasteiger partial charge in [0.25, 0.3) is 0 Å². The van der Waals surface area contributed by atoms with E-state index in [1.54, 1.807) is 0 Å². The Morgan fingerprint density at radius 2 is 2.21 bits per heavy atom. The molecule has 0 aromatic heterocycles. The average molecular weight is 262 g/mol. The Hall–Kier alpha value is -1.55. The maximum absolute atomic E-state index is 12.1. The summed E-state index contributed by atoms with van der Waals surface area (Å²) in [5.74, 6) is 1.01. The van der Waals surface area contributed by atoms with E-state index in [9.17, 15) is 4.79 Å². The van der Waals surface area contributed by atoms with Gasteiger partial charge in [-0.15, -0.1) is 0 Å². The number of rotatable bonds is 5. The Balaban J connectivity index is 1.72. The van der Waals surface area contributed by atoms with Gasteiger partial charge < -0.3 is 15.0 Å². The zero-order chi connectivity index (χ0) is 13.5. The Kier molecular flexibility index (Phi) is 5.21. The van der Waals surface area contributed by atoms with Crippen molar-refractivity contribution in [3.8, 4) is 5.75 Å². The Morgan fingerprint density at radius 1 is 1.42 bits per heavy atom. The van der Waals surface area contributed by atoms with Gasteiger partial charge in [-0.2, -0.15) is 0 Å². The number of nitrogens with zero attached hydrogens (tertiary/aromatic N) is 1. The van der Waals surface area contributed by atoms with Gasteiger partial charge in [0.15, 0.2) is 0 Å². The van der Waals surface area contributed by atoms with E-state index < -0.39 is 0 Å². The first kappa shape index (κ1) is 13.9. The highest BCUT2D eigenvalue weighted by atomic mass is 16.5. The van der Waals surface area contributed by atoms with Crippen LogP contribution in [0.15, 0.2) is 30.3 Å². The molecule has 1 atom stereocenters. The number of hydrogen-bond donors (Lipinski definition) is 1. The predicted molar refractivity (Wildman–Crippen MR) is 75.2 cm³/mol. The standard InChI is InChI=1S/C15H22N2O2/c1-16-13-6-5-10-17(12-13)15(18)9-11-19-14-7-3-2-4-8-14/h2-4,7-8,13,16H,5-6,9-12H2,1H3. The van der Waals surface area contributed by atoms with Gasteiger partial charge in [-0.1, -0.05) is 18.2 Å². The fourth-order valence-electron chi connectivity index (χ4n) is 2.37. The Bertz CT molecular complexity index is 394. The molecule has 104 valence electrons. The van der Waals surface area contributed by atoms with Crippen molar-refractivity contribution in [3.63, 3.8) is 0 Å². The molecule has 2 rings (SSSR count). The number of piperidine rings is 1. The van der Waals surface area contributed by atoms with Crippen molar-refractivity contribution < 1.29 is 9.53 Å². The third-order valence-electron chi connectivity index (χ3n) is 3.51. The summed E-state index contributed by atoms with van der Waals surface area (Å²) in [4.78, 5) is 14.0. The molecule has 1 aromatic carbocycles. The quantitative estimate of drug-likeness (QED) is 0.877. The number of hydrogen-bond acceptors (Lipinski definition) is 3. The van der Waals surface area contributed by atoms with Crippen LogP contribution in [0, 0.1) is 0 Å². The number of carbonyl (C=O) groups excluding carboxylic acids is 1. The van der Waals surface area contributed by atoms with Crippen LogP contribution < -0.4 is 10.1 Å². The number of para-hydroxylation sites is 1. The first-order chi connectivity index (χ1) is 9.29. The van der Waals surface area contributed by atoms with Crippen molar-refractivity contribution in [2.24, 2.45) is 0 Å². The maximum atomic E-state index is 12.1. The number of benzene rings is 1. The molecule has 0 saturated carbocycles. The maximum Gasteiger partial charge on any atom is 0.226 e. The Morgan fingerprint density at radius 3 is 2.95 bits per heavy atom. The second-order valence-electron chi connectivity index (χ2n) is 4.88. The van der Waals surface area contributed by atoms with Gasteiger partial charge in [-0.25, -0.2) is 0 Å². The normalized spacial score (nSPS) is 19.2. The summed E-state index contributed by atoms with van der Waals surface area (Å²) in [7, 11) is 1.96. The second-order valence-corrected chi connectivity index (χ2v) is 4.88. The van der Waals surface area contributed by atoms with E-state index in [1.807, 2.05) is 42.3 Å². The van der Waals surface area contributed by atoms with Crippen LogP contribution in [-0.4, -0.2) is 43.6 Å². The van der Waals surface area contributed by atoms with E-state index in [0.29, 0.717) is 19.1 Å². The summed E-state index contributed by atoms with van der Waals surface area (Å²) in [5, 5.41) is 3.25. The molecule has 19 heavy (non-hydrogen) atoms. The van der Waals surface area contributed by atoms with Gasteiger partial charge in [0.05, 0.1) is 13.0 Å². The van der Waals surface area contributed by atoms with Gasteiger partial charge in [0.2, 0.25) is 5.91 Å². The zero-order valence-electron chi connectivity index (χ0n) is 11.5. The molecule has 1 N–H and O–H groups in total. The van der Waals surface area contributed by atoms with Gasteiger partial charge in [0.1, 0.15) is 5.75 Å². The summed E-state index contributed by atoms with van der Waals surface area (Å²) in [5.41, 5.74) is 0. The summed E-state index contributed by atoms with van der Waals surface area (Å²) in [6.07, 6.45) is 2.68. The number of nitrogens with one attached hydrogen (secondary N) is 1. The van der Waals surface area contributed by atoms with Crippen LogP contribution in [0.4, 0.5) is 0 Å². The van der Waals surface area contributed by atoms with Gasteiger partial charge in [-0.05, 0) is 32.0 Å². The van der Waals surface area contributed by atoms with Crippen LogP contribution in [0.3, 0.4) is 0 Å². The molecule has 1 aliphatic heterocycles. The van der Waals surface area contributed by atoms with Crippen LogP contribution in [0.25, 0.3) is 0 Å². The molecule has 0 aliphatic carbocycles. The highest BCUT2D eigenvalue weighted by Gasteiger charge is 2.22. The van der Waals surface area contributed by atoms with Crippen LogP contribution in [0.2, 0.25) is 0 Å². The molecule has 4 nitrogen and oxygen atoms in total. The van der Waals surface area contributed by atoms with E-state index in [4.69, 9.17) is 4.74 Å². The van der Waals surface area contributed by atoms with E-state index >= 15 is 0 Å². The molecule has 4 heteroatoms. The van der Waals surface area contributed by atoms with Gasteiger partial charge in [0, 0.05) is 19.1 Å². The van der Waals surface area contributed by atoms with Crippen molar-refractivity contribution in [2.45, 2.75) is 25.3 Å². The van der Waals surface area contributed by atoms with E-state index in [1.165, 1.54) is 0 Å². The second kappa shape index (κ2) is 7.14. The van der Waals surface area contributed by atoms with E-state index in [2.05, 4.69) is 5.32 Å². The number of carbonyl (C=O) groups is 1. The molecule has 1 saturated heterocycles. The van der Waals surface area contributed by atoms with E-state index in [-0.39, 0.29) is 5.91 Å². The molecule has 1 amide bonds. The summed E-state index contributed by atoms with van der Waals surface area (Å²) >= 11 is 0. The van der Waals surface area contributed by atoms with E-state index in [0.717, 1.165) is 31.7 Å². The van der Waals surface area contributed by atoms with Crippen LogP contribution in [0.5, 0.6) is 5.75 Å². The fourth-order valence-corrected chi connectivity index (χ4v) is 2.37. The summed E-state index contributed by atoms with van der Waals surface area (Å²) in [6, 6.07) is 10.1. The van der Waals surface area contributed by atoms with Crippen molar-refractivity contribution >= 4 is 5.91 Å². The minimum absolute atomic E-state index is 0.191. The molecule has 1 heterocycles. The molecule has 1 fully saturated rings. The first-order valence-electron chi connectivity index (χ1n) is 6.92. The lowest BCUT2D eigenvalue weighted by Gasteiger charge is -2.32. The summed E-state index contributed by atoms with van der Waals surface area (Å²) < 4.78 is 5.56. The van der Waals surface area contributed by atoms with Crippen molar-refractivity contribution in [1.29, 1.82) is 0 Å². The third kappa shape index (κ3) is 4.24. The minimum atomic E-state index is 0.191. The van der Waals surface area contributed by atoms with Crippen molar-refractivity contribution in [3.05, 3.63) is 30.3 Å². The third-order valence-corrected chi connectivity index (χ3v) is 3.51. The molecular formula is C15H22N2O2. The monoisotopic (exact) mass is 262 g/mol. The lowest BCUT2D eigenvalue weighted by atomic mass is 10.1. The molecule has 1 aliphatic rings. The molecule has 1 unspecified atom stereocenters. The molecule has 0 radical (unpaired) electrons. The molecular weight excluding hydrogens is 240 g/mol. The number of ether oxygens (including phenoxy) is 1. The number of amides is 1. The van der Waals surface area contributed by atoms with Crippen LogP contribution in [-0.2, 0) is 4.79 Å². The van der Waals surface area contributed by atoms with Gasteiger partial charge in [-0.3, -0.25) is 4.79 Å². The average Bonchev–Trinajstić information content (AvgIpc) is 2.48. The number of likely N-dealkylation sites (N-methyl/N-ethyl adjacent to an activating group) is 1. The zero-order valence-corrected chi connectivity index (χ0v) is 11.5. The lowest BCUT2D eigenvalue weighted by molar-refractivity contribution is -0.133. The number of likely N-dealkylation sites (tertiary alicyclic amines) is 1. The predicted octanol–water partition coefficient (Wildman–Crippen LogP) is 1.67. The summed E-state index contributed by atoms with van der Waals surface area (Å²) in [6.45, 7) is 2.15. The van der Waals surface area contributed by atoms with Crippen LogP contribution >= 0.6 is 0 Å². The molecule has 1 aromatic rings. The Labute approximate surface area is 114 Å². The van der Waals surface area contributed by atoms with Crippen LogP contribution in [0.1, 0.15) is 19.3 Å². The van der Waals surface area contributed by atoms with Crippen molar-refractivity contribution in [2.75, 3.05) is 26.7 Å². The first-order valence-corrected chi connectivity index (χ1v) is 6.92. The highest BCUT2D eigenvalue weighted by Crippen LogP contribution is 2.12. The lowest BCUT2D eigenvalue weighted by Crippen LogP contribution is -2.47. The highest BCUT2D eigenvalue weighted by molar-refractivity contribution is 5.76. The minimum Gasteiger partial charge on any atom is -0.493 e. The topological polar surface area (TPSA) is 41.6 Å².